The summed E-state index contributed by atoms with van der Waals surface area (Å²) >= 11 is 2.27. The fourth-order valence-corrected chi connectivity index (χ4v) is 2.55. The Morgan fingerprint density at radius 1 is 1.32 bits per heavy atom. The van der Waals surface area contributed by atoms with Crippen LogP contribution in [0.5, 0.6) is 0 Å². The van der Waals surface area contributed by atoms with Crippen LogP contribution in [-0.2, 0) is 4.79 Å². The molecule has 0 atom stereocenters. The minimum absolute atomic E-state index is 0.0679. The third kappa shape index (κ3) is 3.46. The van der Waals surface area contributed by atoms with E-state index in [2.05, 4.69) is 25.7 Å². The first kappa shape index (κ1) is 14.6. The SMILES string of the molecule is O=C(CSc1nnc(-c2ccccc2F)o1)Nc1nncs1. The summed E-state index contributed by atoms with van der Waals surface area (Å²) in [4.78, 5) is 11.7. The van der Waals surface area contributed by atoms with Crippen molar-refractivity contribution in [2.45, 2.75) is 5.22 Å². The Morgan fingerprint density at radius 3 is 2.95 bits per heavy atom. The molecule has 1 aromatic carbocycles. The van der Waals surface area contributed by atoms with Gasteiger partial charge in [-0.1, -0.05) is 35.2 Å². The molecular formula is C12H8FN5O2S2. The van der Waals surface area contributed by atoms with Crippen LogP contribution in [0.25, 0.3) is 11.5 Å². The summed E-state index contributed by atoms with van der Waals surface area (Å²) < 4.78 is 18.9. The molecule has 22 heavy (non-hydrogen) atoms. The lowest BCUT2D eigenvalue weighted by atomic mass is 10.2. The van der Waals surface area contributed by atoms with Gasteiger partial charge in [-0.2, -0.15) is 0 Å². The second-order valence-corrected chi connectivity index (χ2v) is 5.69. The van der Waals surface area contributed by atoms with Gasteiger partial charge in [0.05, 0.1) is 11.3 Å². The van der Waals surface area contributed by atoms with Crippen molar-refractivity contribution in [3.63, 3.8) is 0 Å². The van der Waals surface area contributed by atoms with E-state index in [0.29, 0.717) is 5.13 Å². The highest BCUT2D eigenvalue weighted by Crippen LogP contribution is 2.25. The maximum Gasteiger partial charge on any atom is 0.277 e. The Kier molecular flexibility index (Phi) is 4.39. The number of nitrogens with zero attached hydrogens (tertiary/aromatic N) is 4. The maximum absolute atomic E-state index is 13.6. The largest absolute Gasteiger partial charge is 0.411 e. The van der Waals surface area contributed by atoms with Gasteiger partial charge < -0.3 is 4.42 Å². The van der Waals surface area contributed by atoms with E-state index in [1.54, 1.807) is 18.2 Å². The lowest BCUT2D eigenvalue weighted by molar-refractivity contribution is -0.113. The van der Waals surface area contributed by atoms with Crippen LogP contribution in [0.3, 0.4) is 0 Å². The molecule has 0 fully saturated rings. The number of benzene rings is 1. The number of carbonyl (C=O) groups is 1. The molecule has 3 rings (SSSR count). The van der Waals surface area contributed by atoms with Crippen LogP contribution in [-0.4, -0.2) is 32.1 Å². The van der Waals surface area contributed by atoms with Crippen molar-refractivity contribution >= 4 is 34.1 Å². The van der Waals surface area contributed by atoms with Crippen LogP contribution in [0.1, 0.15) is 0 Å². The number of halogens is 1. The summed E-state index contributed by atoms with van der Waals surface area (Å²) in [5.74, 6) is -0.576. The van der Waals surface area contributed by atoms with E-state index in [1.807, 2.05) is 0 Å². The molecule has 0 saturated carbocycles. The van der Waals surface area contributed by atoms with Crippen molar-refractivity contribution in [3.8, 4) is 11.5 Å². The van der Waals surface area contributed by atoms with Gasteiger partial charge >= 0.3 is 0 Å². The molecule has 1 N–H and O–H groups in total. The van der Waals surface area contributed by atoms with Crippen LogP contribution in [0.4, 0.5) is 9.52 Å². The zero-order valence-corrected chi connectivity index (χ0v) is 12.5. The molecule has 0 aliphatic rings. The van der Waals surface area contributed by atoms with Gasteiger partial charge in [0, 0.05) is 0 Å². The number of hydrogen-bond acceptors (Lipinski definition) is 8. The monoisotopic (exact) mass is 337 g/mol. The molecule has 0 spiro atoms. The van der Waals surface area contributed by atoms with E-state index in [9.17, 15) is 9.18 Å². The smallest absolute Gasteiger partial charge is 0.277 e. The average molecular weight is 337 g/mol. The minimum atomic E-state index is -0.447. The fraction of sp³-hybridized carbons (Fsp3) is 0.0833. The molecule has 0 saturated heterocycles. The van der Waals surface area contributed by atoms with Crippen LogP contribution in [0.2, 0.25) is 0 Å². The van der Waals surface area contributed by atoms with Gasteiger partial charge in [0.1, 0.15) is 11.3 Å². The molecular weight excluding hydrogens is 329 g/mol. The molecule has 0 radical (unpaired) electrons. The van der Waals surface area contributed by atoms with Crippen molar-refractivity contribution in [2.75, 3.05) is 11.1 Å². The zero-order valence-electron chi connectivity index (χ0n) is 10.9. The van der Waals surface area contributed by atoms with Crippen molar-refractivity contribution in [1.82, 2.24) is 20.4 Å². The van der Waals surface area contributed by atoms with Crippen LogP contribution < -0.4 is 5.32 Å². The van der Waals surface area contributed by atoms with E-state index < -0.39 is 5.82 Å². The highest BCUT2D eigenvalue weighted by molar-refractivity contribution is 7.99. The average Bonchev–Trinajstić information content (AvgIpc) is 3.17. The lowest BCUT2D eigenvalue weighted by Gasteiger charge is -1.98. The zero-order chi connectivity index (χ0) is 15.4. The van der Waals surface area contributed by atoms with Crippen LogP contribution >= 0.6 is 23.1 Å². The number of aromatic nitrogens is 4. The number of nitrogens with one attached hydrogen (secondary N) is 1. The number of carbonyl (C=O) groups excluding carboxylic acids is 1. The molecule has 0 aliphatic heterocycles. The summed E-state index contributed by atoms with van der Waals surface area (Å²) in [7, 11) is 0. The van der Waals surface area contributed by atoms with Crippen molar-refractivity contribution < 1.29 is 13.6 Å². The quantitative estimate of drug-likeness (QED) is 0.715. The second kappa shape index (κ2) is 6.62. The normalized spacial score (nSPS) is 10.6. The summed E-state index contributed by atoms with van der Waals surface area (Å²) in [6.07, 6.45) is 0. The molecule has 2 heterocycles. The molecule has 0 bridgehead atoms. The number of hydrogen-bond donors (Lipinski definition) is 1. The predicted octanol–water partition coefficient (Wildman–Crippen LogP) is 2.46. The maximum atomic E-state index is 13.6. The van der Waals surface area contributed by atoms with E-state index in [4.69, 9.17) is 4.42 Å². The van der Waals surface area contributed by atoms with Gasteiger partial charge in [0.25, 0.3) is 11.1 Å². The third-order valence-corrected chi connectivity index (χ3v) is 3.87. The summed E-state index contributed by atoms with van der Waals surface area (Å²) in [6.45, 7) is 0. The van der Waals surface area contributed by atoms with Gasteiger partial charge in [0.15, 0.2) is 0 Å². The van der Waals surface area contributed by atoms with Crippen LogP contribution in [0, 0.1) is 5.82 Å². The van der Waals surface area contributed by atoms with E-state index in [0.717, 1.165) is 11.8 Å². The van der Waals surface area contributed by atoms with Crippen LogP contribution in [0.15, 0.2) is 39.4 Å². The molecule has 2 aromatic heterocycles. The number of thioether (sulfide) groups is 1. The molecule has 1 amide bonds. The molecule has 7 nitrogen and oxygen atoms in total. The third-order valence-electron chi connectivity index (χ3n) is 2.44. The summed E-state index contributed by atoms with van der Waals surface area (Å²) in [6, 6.07) is 6.09. The lowest BCUT2D eigenvalue weighted by Crippen LogP contribution is -2.13. The molecule has 0 aliphatic carbocycles. The Balaban J connectivity index is 1.60. The molecule has 0 unspecified atom stereocenters. The Hall–Kier alpha value is -2.33. The van der Waals surface area contributed by atoms with Gasteiger partial charge in [-0.15, -0.1) is 20.4 Å². The first-order valence-corrected chi connectivity index (χ1v) is 7.86. The van der Waals surface area contributed by atoms with Gasteiger partial charge in [-0.05, 0) is 12.1 Å². The number of amides is 1. The van der Waals surface area contributed by atoms with E-state index in [1.165, 1.54) is 22.9 Å². The Bertz CT molecular complexity index is 777. The minimum Gasteiger partial charge on any atom is -0.411 e. The topological polar surface area (TPSA) is 93.8 Å². The predicted molar refractivity (Wildman–Crippen MR) is 79.0 cm³/mol. The number of rotatable bonds is 5. The first-order valence-electron chi connectivity index (χ1n) is 5.99. The highest BCUT2D eigenvalue weighted by atomic mass is 32.2. The van der Waals surface area contributed by atoms with Crippen molar-refractivity contribution in [3.05, 3.63) is 35.6 Å². The second-order valence-electron chi connectivity index (χ2n) is 3.93. The Morgan fingerprint density at radius 2 is 2.18 bits per heavy atom. The van der Waals surface area contributed by atoms with E-state index in [-0.39, 0.29) is 28.3 Å². The number of anilines is 1. The fourth-order valence-electron chi connectivity index (χ4n) is 1.52. The first-order chi connectivity index (χ1) is 10.7. The molecule has 10 heteroatoms. The standard InChI is InChI=1S/C12H8FN5O2S2/c13-8-4-2-1-3-7(8)10-16-18-12(20-10)21-5-9(19)15-11-17-14-6-22-11/h1-4,6H,5H2,(H,15,17,19). The van der Waals surface area contributed by atoms with Crippen molar-refractivity contribution in [1.29, 1.82) is 0 Å². The Labute approximate surface area is 132 Å². The molecule has 112 valence electrons. The highest BCUT2D eigenvalue weighted by Gasteiger charge is 2.14. The van der Waals surface area contributed by atoms with Gasteiger partial charge in [0.2, 0.25) is 11.0 Å². The van der Waals surface area contributed by atoms with Gasteiger partial charge in [-0.3, -0.25) is 10.1 Å². The van der Waals surface area contributed by atoms with Crippen molar-refractivity contribution in [2.24, 2.45) is 0 Å². The van der Waals surface area contributed by atoms with E-state index >= 15 is 0 Å². The van der Waals surface area contributed by atoms with Gasteiger partial charge in [-0.25, -0.2) is 4.39 Å². The summed E-state index contributed by atoms with van der Waals surface area (Å²) in [5.41, 5.74) is 1.74. The molecule has 3 aromatic rings. The summed E-state index contributed by atoms with van der Waals surface area (Å²) in [5, 5.41) is 18.0.